The Labute approximate surface area is 101 Å². The number of aryl methyl sites for hydroxylation is 1. The number of rotatable bonds is 0. The number of nitrogens with zero attached hydrogens (tertiary/aromatic N) is 1. The summed E-state index contributed by atoms with van der Waals surface area (Å²) in [6.07, 6.45) is 0.939. The summed E-state index contributed by atoms with van der Waals surface area (Å²) in [5.41, 5.74) is 3.38. The fraction of sp³-hybridized carbons (Fsp3) is 0.267. The van der Waals surface area contributed by atoms with Crippen LogP contribution in [0.3, 0.4) is 0 Å². The van der Waals surface area contributed by atoms with Crippen LogP contribution >= 0.6 is 0 Å². The SMILES string of the molecule is Cc1ccc2c(n1)CC(C)c1ccccc1O2. The summed E-state index contributed by atoms with van der Waals surface area (Å²) in [6.45, 7) is 4.24. The van der Waals surface area contributed by atoms with Crippen molar-refractivity contribution >= 4 is 0 Å². The van der Waals surface area contributed by atoms with Crippen LogP contribution in [0.2, 0.25) is 0 Å². The molecule has 1 aliphatic rings. The van der Waals surface area contributed by atoms with Crippen molar-refractivity contribution in [2.45, 2.75) is 26.2 Å². The molecule has 3 rings (SSSR count). The fourth-order valence-corrected chi connectivity index (χ4v) is 2.34. The van der Waals surface area contributed by atoms with Crippen molar-refractivity contribution in [1.82, 2.24) is 4.98 Å². The van der Waals surface area contributed by atoms with Gasteiger partial charge in [0.1, 0.15) is 11.5 Å². The first kappa shape index (κ1) is 10.3. The molecule has 2 heteroatoms. The lowest BCUT2D eigenvalue weighted by atomic mass is 9.96. The second kappa shape index (κ2) is 3.88. The van der Waals surface area contributed by atoms with Crippen molar-refractivity contribution in [3.05, 3.63) is 53.3 Å². The summed E-state index contributed by atoms with van der Waals surface area (Å²) >= 11 is 0. The Morgan fingerprint density at radius 3 is 2.82 bits per heavy atom. The van der Waals surface area contributed by atoms with Crippen LogP contribution in [0.25, 0.3) is 0 Å². The minimum atomic E-state index is 0.446. The molecule has 1 atom stereocenters. The van der Waals surface area contributed by atoms with Crippen LogP contribution in [-0.4, -0.2) is 4.98 Å². The first-order valence-corrected chi connectivity index (χ1v) is 5.97. The van der Waals surface area contributed by atoms with Gasteiger partial charge in [0.15, 0.2) is 0 Å². The van der Waals surface area contributed by atoms with E-state index in [1.807, 2.05) is 31.2 Å². The number of benzene rings is 1. The lowest BCUT2D eigenvalue weighted by Crippen LogP contribution is -1.99. The molecular weight excluding hydrogens is 210 g/mol. The van der Waals surface area contributed by atoms with E-state index in [-0.39, 0.29) is 0 Å². The normalized spacial score (nSPS) is 17.6. The van der Waals surface area contributed by atoms with Gasteiger partial charge < -0.3 is 4.74 Å². The number of fused-ring (bicyclic) bond motifs is 2. The molecule has 1 aliphatic heterocycles. The van der Waals surface area contributed by atoms with Gasteiger partial charge in [-0.1, -0.05) is 25.1 Å². The Hall–Kier alpha value is -1.83. The quantitative estimate of drug-likeness (QED) is 0.679. The van der Waals surface area contributed by atoms with Gasteiger partial charge in [0.05, 0.1) is 5.69 Å². The van der Waals surface area contributed by atoms with Gasteiger partial charge in [-0.3, -0.25) is 4.98 Å². The van der Waals surface area contributed by atoms with Crippen molar-refractivity contribution in [2.75, 3.05) is 0 Å². The molecule has 0 fully saturated rings. The van der Waals surface area contributed by atoms with Crippen LogP contribution < -0.4 is 4.74 Å². The molecule has 0 saturated carbocycles. The largest absolute Gasteiger partial charge is 0.455 e. The minimum Gasteiger partial charge on any atom is -0.455 e. The highest BCUT2D eigenvalue weighted by atomic mass is 16.5. The third-order valence-electron chi connectivity index (χ3n) is 3.24. The maximum absolute atomic E-state index is 5.97. The van der Waals surface area contributed by atoms with Gasteiger partial charge in [-0.2, -0.15) is 0 Å². The predicted molar refractivity (Wildman–Crippen MR) is 67.6 cm³/mol. The van der Waals surface area contributed by atoms with Crippen molar-refractivity contribution in [3.8, 4) is 11.5 Å². The minimum absolute atomic E-state index is 0.446. The standard InChI is InChI=1S/C15H15NO/c1-10-9-13-15(8-7-11(2)16-13)17-14-6-4-3-5-12(10)14/h3-8,10H,9H2,1-2H3. The van der Waals surface area contributed by atoms with Crippen LogP contribution in [0.15, 0.2) is 36.4 Å². The third-order valence-corrected chi connectivity index (χ3v) is 3.24. The van der Waals surface area contributed by atoms with Gasteiger partial charge >= 0.3 is 0 Å². The molecule has 2 heterocycles. The van der Waals surface area contributed by atoms with Gasteiger partial charge in [0.2, 0.25) is 0 Å². The average molecular weight is 225 g/mol. The van der Waals surface area contributed by atoms with Crippen molar-refractivity contribution in [1.29, 1.82) is 0 Å². The van der Waals surface area contributed by atoms with E-state index < -0.39 is 0 Å². The Balaban J connectivity index is 2.13. The molecular formula is C15H15NO. The Morgan fingerprint density at radius 1 is 1.12 bits per heavy atom. The van der Waals surface area contributed by atoms with Gasteiger partial charge in [-0.05, 0) is 36.6 Å². The van der Waals surface area contributed by atoms with Crippen molar-refractivity contribution in [2.24, 2.45) is 0 Å². The molecule has 0 amide bonds. The molecule has 0 spiro atoms. The van der Waals surface area contributed by atoms with Crippen molar-refractivity contribution < 1.29 is 4.74 Å². The Kier molecular flexibility index (Phi) is 2.36. The summed E-state index contributed by atoms with van der Waals surface area (Å²) in [7, 11) is 0. The van der Waals surface area contributed by atoms with E-state index in [2.05, 4.69) is 24.0 Å². The summed E-state index contributed by atoms with van der Waals surface area (Å²) in [4.78, 5) is 4.58. The Bertz CT molecular complexity index is 563. The monoisotopic (exact) mass is 225 g/mol. The Morgan fingerprint density at radius 2 is 1.94 bits per heavy atom. The molecule has 86 valence electrons. The molecule has 1 aromatic carbocycles. The summed E-state index contributed by atoms with van der Waals surface area (Å²) in [6, 6.07) is 12.3. The van der Waals surface area contributed by atoms with E-state index in [0.29, 0.717) is 5.92 Å². The molecule has 0 bridgehead atoms. The lowest BCUT2D eigenvalue weighted by molar-refractivity contribution is 0.475. The predicted octanol–water partition coefficient (Wildman–Crippen LogP) is 3.84. The average Bonchev–Trinajstić information content (AvgIpc) is 2.46. The zero-order chi connectivity index (χ0) is 11.8. The van der Waals surface area contributed by atoms with Gasteiger partial charge in [0.25, 0.3) is 0 Å². The fourth-order valence-electron chi connectivity index (χ4n) is 2.34. The number of pyridine rings is 1. The number of aromatic nitrogens is 1. The lowest BCUT2D eigenvalue weighted by Gasteiger charge is -2.10. The van der Waals surface area contributed by atoms with E-state index >= 15 is 0 Å². The highest BCUT2D eigenvalue weighted by Crippen LogP contribution is 2.38. The highest BCUT2D eigenvalue weighted by Gasteiger charge is 2.20. The van der Waals surface area contributed by atoms with Gasteiger partial charge in [-0.15, -0.1) is 0 Å². The highest BCUT2D eigenvalue weighted by molar-refractivity contribution is 5.44. The maximum Gasteiger partial charge on any atom is 0.148 e. The topological polar surface area (TPSA) is 22.1 Å². The summed E-state index contributed by atoms with van der Waals surface area (Å²) in [5.74, 6) is 2.30. The van der Waals surface area contributed by atoms with E-state index in [9.17, 15) is 0 Å². The van der Waals surface area contributed by atoms with Crippen molar-refractivity contribution in [3.63, 3.8) is 0 Å². The van der Waals surface area contributed by atoms with E-state index in [0.717, 1.165) is 29.3 Å². The zero-order valence-corrected chi connectivity index (χ0v) is 10.1. The zero-order valence-electron chi connectivity index (χ0n) is 10.1. The van der Waals surface area contributed by atoms with E-state index in [1.165, 1.54) is 5.56 Å². The molecule has 1 aromatic heterocycles. The first-order valence-electron chi connectivity index (χ1n) is 5.97. The van der Waals surface area contributed by atoms with Crippen LogP contribution in [0.1, 0.15) is 29.8 Å². The number of hydrogen-bond donors (Lipinski definition) is 0. The second-order valence-electron chi connectivity index (χ2n) is 4.64. The van der Waals surface area contributed by atoms with Gasteiger partial charge in [0, 0.05) is 12.1 Å². The van der Waals surface area contributed by atoms with Gasteiger partial charge in [-0.25, -0.2) is 0 Å². The van der Waals surface area contributed by atoms with E-state index in [1.54, 1.807) is 0 Å². The molecule has 1 unspecified atom stereocenters. The molecule has 17 heavy (non-hydrogen) atoms. The first-order chi connectivity index (χ1) is 8.24. The summed E-state index contributed by atoms with van der Waals surface area (Å²) in [5, 5.41) is 0. The molecule has 2 aromatic rings. The van der Waals surface area contributed by atoms with E-state index in [4.69, 9.17) is 4.74 Å². The van der Waals surface area contributed by atoms with Crippen LogP contribution in [-0.2, 0) is 6.42 Å². The number of para-hydroxylation sites is 1. The smallest absolute Gasteiger partial charge is 0.148 e. The summed E-state index contributed by atoms with van der Waals surface area (Å²) < 4.78 is 5.97. The molecule has 0 N–H and O–H groups in total. The molecule has 0 radical (unpaired) electrons. The number of ether oxygens (including phenoxy) is 1. The molecule has 2 nitrogen and oxygen atoms in total. The van der Waals surface area contributed by atoms with Crippen LogP contribution in [0.4, 0.5) is 0 Å². The number of hydrogen-bond acceptors (Lipinski definition) is 2. The maximum atomic E-state index is 5.97. The van der Waals surface area contributed by atoms with Crippen LogP contribution in [0.5, 0.6) is 11.5 Å². The molecule has 0 saturated heterocycles. The third kappa shape index (κ3) is 1.80. The molecule has 0 aliphatic carbocycles. The van der Waals surface area contributed by atoms with Crippen LogP contribution in [0, 0.1) is 6.92 Å². The second-order valence-corrected chi connectivity index (χ2v) is 4.64.